The molecular formula is C23H24N6O2. The lowest BCUT2D eigenvalue weighted by molar-refractivity contribution is 0.102. The zero-order valence-electron chi connectivity index (χ0n) is 17.2. The number of carbonyl (C=O) groups excluding carboxylic acids is 2. The average molecular weight is 416 g/mol. The van der Waals surface area contributed by atoms with Gasteiger partial charge in [-0.15, -0.1) is 10.2 Å². The lowest BCUT2D eigenvalue weighted by Crippen LogP contribution is -2.27. The van der Waals surface area contributed by atoms with Crippen molar-refractivity contribution in [2.75, 3.05) is 23.3 Å². The van der Waals surface area contributed by atoms with Crippen molar-refractivity contribution in [3.63, 3.8) is 0 Å². The Kier molecular flexibility index (Phi) is 5.11. The third-order valence-corrected chi connectivity index (χ3v) is 5.79. The van der Waals surface area contributed by atoms with E-state index >= 15 is 0 Å². The zero-order valence-corrected chi connectivity index (χ0v) is 17.2. The molecule has 0 spiro atoms. The molecule has 158 valence electrons. The molecule has 8 nitrogen and oxygen atoms in total. The van der Waals surface area contributed by atoms with Gasteiger partial charge in [-0.3, -0.25) is 9.69 Å². The second-order valence-corrected chi connectivity index (χ2v) is 7.87. The van der Waals surface area contributed by atoms with Crippen LogP contribution in [0.5, 0.6) is 0 Å². The minimum atomic E-state index is -0.199. The molecule has 3 heterocycles. The van der Waals surface area contributed by atoms with Gasteiger partial charge in [-0.2, -0.15) is 0 Å². The van der Waals surface area contributed by atoms with E-state index in [4.69, 9.17) is 0 Å². The van der Waals surface area contributed by atoms with Gasteiger partial charge in [0.1, 0.15) is 5.82 Å². The number of hydrogen-bond acceptors (Lipinski definition) is 4. The maximum atomic E-state index is 12.7. The van der Waals surface area contributed by atoms with Crippen molar-refractivity contribution >= 4 is 23.3 Å². The van der Waals surface area contributed by atoms with Crippen LogP contribution >= 0.6 is 0 Å². The van der Waals surface area contributed by atoms with Crippen molar-refractivity contribution < 1.29 is 9.59 Å². The summed E-state index contributed by atoms with van der Waals surface area (Å²) in [6.07, 6.45) is 4.44. The number of rotatable bonds is 4. The SMILES string of the molecule is O=C(Nc1cccc(-c2nnc3n2CCCCC3)c1)c1ccc(N2CCNC2=O)cc1. The number of amides is 3. The maximum Gasteiger partial charge on any atom is 0.321 e. The van der Waals surface area contributed by atoms with Gasteiger partial charge < -0.3 is 15.2 Å². The van der Waals surface area contributed by atoms with Gasteiger partial charge in [0.25, 0.3) is 5.91 Å². The Bertz CT molecular complexity index is 1120. The van der Waals surface area contributed by atoms with E-state index in [1.165, 1.54) is 6.42 Å². The highest BCUT2D eigenvalue weighted by molar-refractivity contribution is 6.05. The fourth-order valence-corrected chi connectivity index (χ4v) is 4.15. The van der Waals surface area contributed by atoms with E-state index in [1.54, 1.807) is 29.2 Å². The molecular weight excluding hydrogens is 392 g/mol. The number of anilines is 2. The third kappa shape index (κ3) is 3.88. The van der Waals surface area contributed by atoms with Crippen LogP contribution in [-0.2, 0) is 13.0 Å². The van der Waals surface area contributed by atoms with Gasteiger partial charge in [-0.25, -0.2) is 4.79 Å². The molecule has 0 aliphatic carbocycles. The van der Waals surface area contributed by atoms with Gasteiger partial charge >= 0.3 is 6.03 Å². The maximum absolute atomic E-state index is 12.7. The smallest absolute Gasteiger partial charge is 0.321 e. The van der Waals surface area contributed by atoms with Gasteiger partial charge in [-0.05, 0) is 49.2 Å². The number of nitrogens with one attached hydrogen (secondary N) is 2. The highest BCUT2D eigenvalue weighted by Crippen LogP contribution is 2.25. The quantitative estimate of drug-likeness (QED) is 0.681. The van der Waals surface area contributed by atoms with Crippen LogP contribution in [0.25, 0.3) is 11.4 Å². The highest BCUT2D eigenvalue weighted by Gasteiger charge is 2.21. The van der Waals surface area contributed by atoms with Gasteiger partial charge in [0.05, 0.1) is 0 Å². The normalized spacial score (nSPS) is 15.9. The predicted octanol–water partition coefficient (Wildman–Crippen LogP) is 3.45. The van der Waals surface area contributed by atoms with Crippen molar-refractivity contribution in [2.24, 2.45) is 0 Å². The van der Waals surface area contributed by atoms with E-state index in [9.17, 15) is 9.59 Å². The van der Waals surface area contributed by atoms with Crippen molar-refractivity contribution in [1.29, 1.82) is 0 Å². The van der Waals surface area contributed by atoms with Gasteiger partial charge in [-0.1, -0.05) is 18.6 Å². The minimum Gasteiger partial charge on any atom is -0.336 e. The van der Waals surface area contributed by atoms with Gasteiger partial charge in [0.15, 0.2) is 5.82 Å². The molecule has 0 atom stereocenters. The molecule has 1 aromatic heterocycles. The lowest BCUT2D eigenvalue weighted by Gasteiger charge is -2.14. The zero-order chi connectivity index (χ0) is 21.2. The standard InChI is InChI=1S/C23H24N6O2/c30-22(16-8-10-19(11-9-16)28-14-12-24-23(28)31)25-18-6-4-5-17(15-18)21-27-26-20-7-2-1-3-13-29(20)21/h4-6,8-11,15H,1-3,7,12-14H2,(H,24,31)(H,25,30). The van der Waals surface area contributed by atoms with Crippen LogP contribution in [-0.4, -0.2) is 39.8 Å². The summed E-state index contributed by atoms with van der Waals surface area (Å²) >= 11 is 0. The number of aromatic nitrogens is 3. The number of benzene rings is 2. The molecule has 1 fully saturated rings. The molecule has 3 amide bonds. The summed E-state index contributed by atoms with van der Waals surface area (Å²) in [5.74, 6) is 1.68. The van der Waals surface area contributed by atoms with E-state index in [-0.39, 0.29) is 11.9 Å². The van der Waals surface area contributed by atoms with Crippen LogP contribution < -0.4 is 15.5 Å². The topological polar surface area (TPSA) is 92.2 Å². The van der Waals surface area contributed by atoms with E-state index in [0.29, 0.717) is 24.3 Å². The Balaban J connectivity index is 1.32. The molecule has 0 unspecified atom stereocenters. The molecule has 8 heteroatoms. The summed E-state index contributed by atoms with van der Waals surface area (Å²) in [7, 11) is 0. The third-order valence-electron chi connectivity index (χ3n) is 5.79. The fourth-order valence-electron chi connectivity index (χ4n) is 4.15. The van der Waals surface area contributed by atoms with E-state index in [0.717, 1.165) is 48.7 Å². The first-order chi connectivity index (χ1) is 15.2. The molecule has 0 saturated carbocycles. The molecule has 3 aromatic rings. The number of hydrogen-bond donors (Lipinski definition) is 2. The first-order valence-corrected chi connectivity index (χ1v) is 10.7. The Labute approximate surface area is 180 Å². The molecule has 0 bridgehead atoms. The molecule has 31 heavy (non-hydrogen) atoms. The molecule has 1 saturated heterocycles. The average Bonchev–Trinajstić information content (AvgIpc) is 3.33. The minimum absolute atomic E-state index is 0.111. The highest BCUT2D eigenvalue weighted by atomic mass is 16.2. The first kappa shape index (κ1) is 19.3. The second kappa shape index (κ2) is 8.22. The monoisotopic (exact) mass is 416 g/mol. The molecule has 5 rings (SSSR count). The summed E-state index contributed by atoms with van der Waals surface area (Å²) in [6, 6.07) is 14.7. The number of urea groups is 1. The molecule has 2 aliphatic rings. The molecule has 2 N–H and O–H groups in total. The predicted molar refractivity (Wildman–Crippen MR) is 118 cm³/mol. The molecule has 0 radical (unpaired) electrons. The summed E-state index contributed by atoms with van der Waals surface area (Å²) in [6.45, 7) is 2.19. The van der Waals surface area contributed by atoms with Crippen LogP contribution in [0.3, 0.4) is 0 Å². The van der Waals surface area contributed by atoms with Crippen LogP contribution in [0.4, 0.5) is 16.2 Å². The second-order valence-electron chi connectivity index (χ2n) is 7.87. The number of aryl methyl sites for hydroxylation is 1. The van der Waals surface area contributed by atoms with E-state index in [1.807, 2.05) is 24.3 Å². The van der Waals surface area contributed by atoms with Crippen LogP contribution in [0.1, 0.15) is 35.4 Å². The van der Waals surface area contributed by atoms with Crippen molar-refractivity contribution in [1.82, 2.24) is 20.1 Å². The number of fused-ring (bicyclic) bond motifs is 1. The Morgan fingerprint density at radius 1 is 1.00 bits per heavy atom. The summed E-state index contributed by atoms with van der Waals surface area (Å²) in [5, 5.41) is 14.5. The van der Waals surface area contributed by atoms with Crippen LogP contribution in [0, 0.1) is 0 Å². The van der Waals surface area contributed by atoms with Crippen molar-refractivity contribution in [3.8, 4) is 11.4 Å². The Hall–Kier alpha value is -3.68. The Morgan fingerprint density at radius 3 is 2.68 bits per heavy atom. The number of nitrogens with zero attached hydrogens (tertiary/aromatic N) is 4. The van der Waals surface area contributed by atoms with Gasteiger partial charge in [0.2, 0.25) is 0 Å². The van der Waals surface area contributed by atoms with Crippen molar-refractivity contribution in [3.05, 3.63) is 59.9 Å². The molecule has 2 aliphatic heterocycles. The largest absolute Gasteiger partial charge is 0.336 e. The van der Waals surface area contributed by atoms with Crippen molar-refractivity contribution in [2.45, 2.75) is 32.2 Å². The van der Waals surface area contributed by atoms with E-state index in [2.05, 4.69) is 25.4 Å². The summed E-state index contributed by atoms with van der Waals surface area (Å²) in [5.41, 5.74) is 2.96. The fraction of sp³-hybridized carbons (Fsp3) is 0.304. The summed E-state index contributed by atoms with van der Waals surface area (Å²) in [4.78, 5) is 26.2. The lowest BCUT2D eigenvalue weighted by atomic mass is 10.1. The number of carbonyl (C=O) groups is 2. The Morgan fingerprint density at radius 2 is 1.87 bits per heavy atom. The van der Waals surface area contributed by atoms with E-state index < -0.39 is 0 Å². The van der Waals surface area contributed by atoms with Crippen LogP contribution in [0.2, 0.25) is 0 Å². The van der Waals surface area contributed by atoms with Gasteiger partial charge in [0, 0.05) is 48.6 Å². The first-order valence-electron chi connectivity index (χ1n) is 10.7. The summed E-state index contributed by atoms with van der Waals surface area (Å²) < 4.78 is 2.20. The van der Waals surface area contributed by atoms with Crippen LogP contribution in [0.15, 0.2) is 48.5 Å². The molecule has 2 aromatic carbocycles.